The van der Waals surface area contributed by atoms with Crippen molar-refractivity contribution in [2.24, 2.45) is 0 Å². The average molecular weight is 554 g/mol. The number of carboxylic acids is 1. The first kappa shape index (κ1) is 26.9. The highest BCUT2D eigenvalue weighted by atomic mass is 16.5. The normalized spacial score (nSPS) is 17.7. The number of nitrogens with zero attached hydrogens (tertiary/aromatic N) is 5. The second-order valence-corrected chi connectivity index (χ2v) is 11.2. The van der Waals surface area contributed by atoms with Gasteiger partial charge in [0.2, 0.25) is 0 Å². The second-order valence-electron chi connectivity index (χ2n) is 11.2. The number of ether oxygens (including phenoxy) is 1. The van der Waals surface area contributed by atoms with Gasteiger partial charge in [-0.3, -0.25) is 9.59 Å². The summed E-state index contributed by atoms with van der Waals surface area (Å²) in [6, 6.07) is 12.1. The molecule has 212 valence electrons. The summed E-state index contributed by atoms with van der Waals surface area (Å²) in [4.78, 5) is 32.3. The molecule has 5 aliphatic heterocycles. The minimum atomic E-state index is -0.885. The fraction of sp³-hybridized carbons (Fsp3) is 0.406. The van der Waals surface area contributed by atoms with E-state index in [2.05, 4.69) is 22.4 Å². The molecule has 41 heavy (non-hydrogen) atoms. The molecule has 1 N–H and O–H groups in total. The smallest absolute Gasteiger partial charge is 0.304 e. The second kappa shape index (κ2) is 11.3. The molecule has 9 bridgehead atoms. The number of aromatic nitrogens is 4. The summed E-state index contributed by atoms with van der Waals surface area (Å²) in [5.74, 6) is -0.736. The lowest BCUT2D eigenvalue weighted by Gasteiger charge is -2.30. The SMILES string of the molecule is COc1cc2ccc1C(=O)N1CCc3ccc(cc3C1)[C@@H](CC(=O)O)c1cnc3c(nnn3CCCCCC2)c1C. The number of carbonyl (C=O) groups is 2. The van der Waals surface area contributed by atoms with Gasteiger partial charge in [0.05, 0.1) is 19.1 Å². The Morgan fingerprint density at radius 3 is 2.73 bits per heavy atom. The van der Waals surface area contributed by atoms with Gasteiger partial charge in [-0.1, -0.05) is 42.3 Å². The van der Waals surface area contributed by atoms with Gasteiger partial charge in [0.25, 0.3) is 5.91 Å². The number of hydrogen-bond donors (Lipinski definition) is 1. The van der Waals surface area contributed by atoms with E-state index in [1.165, 1.54) is 5.56 Å². The summed E-state index contributed by atoms with van der Waals surface area (Å²) in [6.45, 7) is 3.77. The third-order valence-corrected chi connectivity index (χ3v) is 8.59. The van der Waals surface area contributed by atoms with Crippen LogP contribution in [-0.4, -0.2) is 55.5 Å². The van der Waals surface area contributed by atoms with E-state index in [4.69, 9.17) is 9.72 Å². The number of methoxy groups -OCH3 is 1. The van der Waals surface area contributed by atoms with Crippen LogP contribution in [0.4, 0.5) is 0 Å². The Morgan fingerprint density at radius 1 is 1.05 bits per heavy atom. The van der Waals surface area contributed by atoms with Crippen molar-refractivity contribution < 1.29 is 19.4 Å². The monoisotopic (exact) mass is 553 g/mol. The summed E-state index contributed by atoms with van der Waals surface area (Å²) in [5.41, 5.74) is 8.02. The van der Waals surface area contributed by atoms with Crippen LogP contribution in [0.2, 0.25) is 0 Å². The maximum absolute atomic E-state index is 13.7. The number of aliphatic carboxylic acids is 1. The molecule has 0 aliphatic carbocycles. The zero-order valence-corrected chi connectivity index (χ0v) is 23.6. The lowest BCUT2D eigenvalue weighted by atomic mass is 9.84. The molecule has 9 rings (SSSR count). The van der Waals surface area contributed by atoms with Crippen molar-refractivity contribution in [1.82, 2.24) is 24.9 Å². The van der Waals surface area contributed by atoms with Gasteiger partial charge < -0.3 is 14.7 Å². The summed E-state index contributed by atoms with van der Waals surface area (Å²) < 4.78 is 7.52. The minimum Gasteiger partial charge on any atom is -0.496 e. The minimum absolute atomic E-state index is 0.0535. The molecule has 2 aromatic carbocycles. The Hall–Kier alpha value is -4.27. The van der Waals surface area contributed by atoms with Gasteiger partial charge in [0, 0.05) is 31.7 Å². The van der Waals surface area contributed by atoms with Crippen molar-refractivity contribution in [3.63, 3.8) is 0 Å². The van der Waals surface area contributed by atoms with Crippen molar-refractivity contribution in [3.8, 4) is 5.75 Å². The van der Waals surface area contributed by atoms with Gasteiger partial charge in [-0.2, -0.15) is 0 Å². The molecule has 4 aromatic rings. The molecule has 0 spiro atoms. The Balaban J connectivity index is 1.43. The number of rotatable bonds is 3. The Bertz CT molecular complexity index is 1630. The Kier molecular flexibility index (Phi) is 7.43. The van der Waals surface area contributed by atoms with Crippen LogP contribution in [0.5, 0.6) is 5.75 Å². The standard InChI is InChI=1S/C32H35N5O4/c1-20-27-18-33-31-30(20)34-35-37(31)13-6-4-3-5-7-21-8-11-25(28(15-21)41-2)32(40)36-14-12-22-9-10-23(16-24(22)19-36)26(27)17-29(38)39/h8-11,15-16,18,26H,3-7,12-14,17,19H2,1-2H3,(H,38,39)/t26-/m1/s1. The molecular formula is C32H35N5O4. The van der Waals surface area contributed by atoms with Crippen LogP contribution in [0.25, 0.3) is 11.2 Å². The molecule has 0 fully saturated rings. The van der Waals surface area contributed by atoms with E-state index in [0.717, 1.165) is 78.5 Å². The highest BCUT2D eigenvalue weighted by Gasteiger charge is 2.27. The Morgan fingerprint density at radius 2 is 1.90 bits per heavy atom. The van der Waals surface area contributed by atoms with Crippen LogP contribution in [-0.2, 0) is 30.7 Å². The largest absolute Gasteiger partial charge is 0.496 e. The fourth-order valence-corrected chi connectivity index (χ4v) is 6.28. The molecular weight excluding hydrogens is 518 g/mol. The highest BCUT2D eigenvalue weighted by molar-refractivity contribution is 5.97. The van der Waals surface area contributed by atoms with Crippen molar-refractivity contribution in [3.05, 3.63) is 81.5 Å². The summed E-state index contributed by atoms with van der Waals surface area (Å²) in [6.07, 6.45) is 7.53. The van der Waals surface area contributed by atoms with E-state index < -0.39 is 11.9 Å². The molecule has 9 heteroatoms. The number of amides is 1. The lowest BCUT2D eigenvalue weighted by molar-refractivity contribution is -0.137. The lowest BCUT2D eigenvalue weighted by Crippen LogP contribution is -2.36. The first-order valence-corrected chi connectivity index (χ1v) is 14.4. The van der Waals surface area contributed by atoms with Crippen LogP contribution in [0.15, 0.2) is 42.6 Å². The van der Waals surface area contributed by atoms with Crippen LogP contribution in [0.1, 0.15) is 81.8 Å². The molecule has 0 unspecified atom stereocenters. The summed E-state index contributed by atoms with van der Waals surface area (Å²) in [7, 11) is 1.62. The van der Waals surface area contributed by atoms with Crippen LogP contribution < -0.4 is 4.74 Å². The zero-order chi connectivity index (χ0) is 28.5. The molecule has 0 saturated carbocycles. The first-order valence-electron chi connectivity index (χ1n) is 14.4. The number of benzene rings is 2. The molecule has 0 saturated heterocycles. The number of hydrogen-bond acceptors (Lipinski definition) is 6. The van der Waals surface area contributed by atoms with Crippen molar-refractivity contribution in [2.75, 3.05) is 13.7 Å². The molecule has 7 heterocycles. The van der Waals surface area contributed by atoms with Gasteiger partial charge >= 0.3 is 5.97 Å². The predicted octanol–water partition coefficient (Wildman–Crippen LogP) is 5.06. The van der Waals surface area contributed by atoms with Crippen LogP contribution in [0.3, 0.4) is 0 Å². The van der Waals surface area contributed by atoms with E-state index in [-0.39, 0.29) is 12.3 Å². The van der Waals surface area contributed by atoms with Crippen LogP contribution in [0, 0.1) is 6.92 Å². The molecule has 2 aromatic heterocycles. The summed E-state index contributed by atoms with van der Waals surface area (Å²) >= 11 is 0. The predicted molar refractivity (Wildman–Crippen MR) is 154 cm³/mol. The number of carbonyl (C=O) groups excluding carboxylic acids is 1. The van der Waals surface area contributed by atoms with Crippen molar-refractivity contribution >= 4 is 23.0 Å². The molecule has 9 nitrogen and oxygen atoms in total. The summed E-state index contributed by atoms with van der Waals surface area (Å²) in [5, 5.41) is 18.7. The molecule has 5 aliphatic rings. The number of pyridine rings is 1. The van der Waals surface area contributed by atoms with Gasteiger partial charge in [-0.15, -0.1) is 5.10 Å². The maximum atomic E-state index is 13.7. The first-order chi connectivity index (χ1) is 19.9. The fourth-order valence-electron chi connectivity index (χ4n) is 6.28. The highest BCUT2D eigenvalue weighted by Crippen LogP contribution is 2.35. The van der Waals surface area contributed by atoms with Gasteiger partial charge in [-0.25, -0.2) is 9.67 Å². The van der Waals surface area contributed by atoms with E-state index >= 15 is 0 Å². The average Bonchev–Trinajstić information content (AvgIpc) is 3.40. The van der Waals surface area contributed by atoms with Crippen molar-refractivity contribution in [1.29, 1.82) is 0 Å². The van der Waals surface area contributed by atoms with E-state index in [1.807, 2.05) is 40.8 Å². The zero-order valence-electron chi connectivity index (χ0n) is 23.6. The number of aryl methyl sites for hydroxylation is 3. The maximum Gasteiger partial charge on any atom is 0.304 e. The van der Waals surface area contributed by atoms with Gasteiger partial charge in [0.15, 0.2) is 5.65 Å². The molecule has 1 atom stereocenters. The van der Waals surface area contributed by atoms with Crippen LogP contribution >= 0.6 is 0 Å². The molecule has 1 amide bonds. The quantitative estimate of drug-likeness (QED) is 0.377. The third-order valence-electron chi connectivity index (χ3n) is 8.59. The van der Waals surface area contributed by atoms with E-state index in [9.17, 15) is 14.7 Å². The topological polar surface area (TPSA) is 110 Å². The Labute approximate surface area is 239 Å². The van der Waals surface area contributed by atoms with Gasteiger partial charge in [-0.05, 0) is 78.1 Å². The molecule has 0 radical (unpaired) electrons. The van der Waals surface area contributed by atoms with E-state index in [1.54, 1.807) is 13.3 Å². The third kappa shape index (κ3) is 5.28. The van der Waals surface area contributed by atoms with Crippen molar-refractivity contribution in [2.45, 2.75) is 70.9 Å². The number of carboxylic acid groups (broad SMARTS) is 1. The van der Waals surface area contributed by atoms with E-state index in [0.29, 0.717) is 29.9 Å². The van der Waals surface area contributed by atoms with Gasteiger partial charge in [0.1, 0.15) is 11.3 Å².